The smallest absolute Gasteiger partial charge is 0.264 e. The average molecular weight is 421 g/mol. The molecule has 0 aliphatic carbocycles. The molecular weight excluding hydrogens is 380 g/mol. The van der Waals surface area contributed by atoms with E-state index in [0.717, 1.165) is 38.5 Å². The molecule has 0 saturated heterocycles. The minimum Gasteiger partial charge on any atom is -0.487 e. The molecule has 0 saturated carbocycles. The van der Waals surface area contributed by atoms with E-state index in [-0.39, 0.29) is 11.1 Å². The van der Waals surface area contributed by atoms with Gasteiger partial charge < -0.3 is 9.05 Å². The van der Waals surface area contributed by atoms with Crippen molar-refractivity contribution in [3.05, 3.63) is 23.5 Å². The molecular formula is C22H40N6O2. The van der Waals surface area contributed by atoms with E-state index in [9.17, 15) is 0 Å². The predicted molar refractivity (Wildman–Crippen MR) is 110 cm³/mol. The molecule has 2 N–H and O–H groups in total. The molecule has 0 spiro atoms. The first-order valence-corrected chi connectivity index (χ1v) is 11.8. The van der Waals surface area contributed by atoms with Crippen molar-refractivity contribution in [2.24, 2.45) is 0 Å². The second kappa shape index (κ2) is 14.0. The molecule has 30 heavy (non-hydrogen) atoms. The van der Waals surface area contributed by atoms with Gasteiger partial charge in [-0.2, -0.15) is 0 Å². The van der Waals surface area contributed by atoms with Gasteiger partial charge in [-0.25, -0.2) is 9.36 Å². The highest BCUT2D eigenvalue weighted by Gasteiger charge is 2.19. The summed E-state index contributed by atoms with van der Waals surface area (Å²) >= 11 is 0. The lowest BCUT2D eigenvalue weighted by Gasteiger charge is -2.16. The summed E-state index contributed by atoms with van der Waals surface area (Å²) in [6, 6.07) is 0.597. The first-order chi connectivity index (χ1) is 14.6. The highest BCUT2D eigenvalue weighted by molar-refractivity contribution is 4.59. The third-order valence-electron chi connectivity index (χ3n) is 5.82. The quantitative estimate of drug-likeness (QED) is 0.301. The van der Waals surface area contributed by atoms with Crippen LogP contribution in [0.3, 0.4) is 0 Å². The summed E-state index contributed by atoms with van der Waals surface area (Å²) in [5.74, 6) is 0. The molecule has 2 heterocycles. The van der Waals surface area contributed by atoms with Crippen molar-refractivity contribution in [3.63, 3.8) is 0 Å². The lowest BCUT2D eigenvalue weighted by molar-refractivity contribution is -0.792. The highest BCUT2D eigenvalue weighted by atomic mass is 16.5. The number of unbranched alkanes of at least 4 members (excludes halogenated alkanes) is 7. The number of rotatable bonds is 17. The van der Waals surface area contributed by atoms with Gasteiger partial charge >= 0.3 is 0 Å². The van der Waals surface area contributed by atoms with Crippen LogP contribution in [0.2, 0.25) is 0 Å². The zero-order valence-corrected chi connectivity index (χ0v) is 18.8. The lowest BCUT2D eigenvalue weighted by atomic mass is 9.98. The van der Waals surface area contributed by atoms with Crippen molar-refractivity contribution < 1.29 is 18.4 Å². The molecule has 170 valence electrons. The molecule has 2 rings (SSSR count). The van der Waals surface area contributed by atoms with Crippen molar-refractivity contribution in [1.29, 1.82) is 10.8 Å². The van der Waals surface area contributed by atoms with Gasteiger partial charge in [-0.15, -0.1) is 0 Å². The molecule has 2 aromatic heterocycles. The molecule has 0 radical (unpaired) electrons. The topological polar surface area (TPSA) is 110 Å². The van der Waals surface area contributed by atoms with E-state index in [1.54, 1.807) is 12.4 Å². The molecule has 8 heteroatoms. The third-order valence-corrected chi connectivity index (χ3v) is 5.82. The van der Waals surface area contributed by atoms with Gasteiger partial charge in [0.1, 0.15) is 12.1 Å². The van der Waals surface area contributed by atoms with E-state index >= 15 is 0 Å². The van der Waals surface area contributed by atoms with E-state index in [4.69, 9.17) is 19.9 Å². The average Bonchev–Trinajstić information content (AvgIpc) is 3.36. The Morgan fingerprint density at radius 2 is 1.03 bits per heavy atom. The van der Waals surface area contributed by atoms with Gasteiger partial charge in [0.15, 0.2) is 0 Å². The van der Waals surface area contributed by atoms with Gasteiger partial charge in [0.25, 0.3) is 11.1 Å². The maximum absolute atomic E-state index is 7.63. The van der Waals surface area contributed by atoms with Crippen LogP contribution in [-0.2, 0) is 0 Å². The third kappa shape index (κ3) is 8.71. The largest absolute Gasteiger partial charge is 0.487 e. The van der Waals surface area contributed by atoms with Crippen LogP contribution < -0.4 is 31.0 Å². The SMILES string of the molecule is CCCCCCC(CCCCC(CCCCCC)[n+]1cc(=N)o[n-]1)[n+]1cc(=N)o[n-]1. The van der Waals surface area contributed by atoms with Gasteiger partial charge in [0.05, 0.1) is 0 Å². The summed E-state index contributed by atoms with van der Waals surface area (Å²) in [6.07, 6.45) is 19.7. The maximum atomic E-state index is 7.63. The number of hydrogen-bond acceptors (Lipinski definition) is 4. The highest BCUT2D eigenvalue weighted by Crippen LogP contribution is 2.21. The summed E-state index contributed by atoms with van der Waals surface area (Å²) in [4.78, 5) is 0. The van der Waals surface area contributed by atoms with Crippen molar-refractivity contribution in [3.8, 4) is 0 Å². The van der Waals surface area contributed by atoms with Crippen molar-refractivity contribution in [2.45, 2.75) is 116 Å². The van der Waals surface area contributed by atoms with E-state index < -0.39 is 0 Å². The van der Waals surface area contributed by atoms with Gasteiger partial charge in [0, 0.05) is 25.7 Å². The maximum Gasteiger partial charge on any atom is 0.264 e. The fourth-order valence-electron chi connectivity index (χ4n) is 4.05. The van der Waals surface area contributed by atoms with Crippen LogP contribution in [0.1, 0.15) is 116 Å². The fraction of sp³-hybridized carbons (Fsp3) is 0.818. The Morgan fingerprint density at radius 3 is 1.33 bits per heavy atom. The molecule has 0 bridgehead atoms. The van der Waals surface area contributed by atoms with Crippen molar-refractivity contribution >= 4 is 0 Å². The molecule has 2 aromatic rings. The minimum atomic E-state index is 0.120. The van der Waals surface area contributed by atoms with Crippen LogP contribution in [0, 0.1) is 10.8 Å². The zero-order valence-electron chi connectivity index (χ0n) is 18.8. The number of aromatic nitrogens is 4. The molecule has 0 fully saturated rings. The van der Waals surface area contributed by atoms with E-state index in [2.05, 4.69) is 24.4 Å². The summed E-state index contributed by atoms with van der Waals surface area (Å²) in [5, 5.41) is 23.3. The zero-order chi connectivity index (χ0) is 21.6. The van der Waals surface area contributed by atoms with E-state index in [1.807, 2.05) is 9.36 Å². The molecule has 8 nitrogen and oxygen atoms in total. The second-order valence-electron chi connectivity index (χ2n) is 8.38. The van der Waals surface area contributed by atoms with Crippen LogP contribution in [-0.4, -0.2) is 0 Å². The molecule has 0 aliphatic rings. The van der Waals surface area contributed by atoms with E-state index in [0.29, 0.717) is 12.1 Å². The summed E-state index contributed by atoms with van der Waals surface area (Å²) in [5.41, 5.74) is 0.240. The lowest BCUT2D eigenvalue weighted by Crippen LogP contribution is -2.43. The Bertz CT molecular complexity index is 723. The summed E-state index contributed by atoms with van der Waals surface area (Å²) in [7, 11) is 0. The van der Waals surface area contributed by atoms with Crippen molar-refractivity contribution in [1.82, 2.24) is 10.5 Å². The van der Waals surface area contributed by atoms with Gasteiger partial charge in [-0.05, 0) is 25.7 Å². The standard InChI is InChI=1S/C22H40N6O2/c1-3-5-7-9-13-19(27-17-21(23)29-25-27)15-11-12-16-20(14-10-8-6-4-2)28-18-22(24)30-26-28/h17-20,23-24H,3-16H2,1-2H3. The second-order valence-corrected chi connectivity index (χ2v) is 8.38. The summed E-state index contributed by atoms with van der Waals surface area (Å²) < 4.78 is 13.6. The number of nitrogens with one attached hydrogen (secondary N) is 2. The molecule has 2 atom stereocenters. The minimum absolute atomic E-state index is 0.120. The van der Waals surface area contributed by atoms with Gasteiger partial charge in [-0.1, -0.05) is 52.4 Å². The Hall–Kier alpha value is -2.12. The van der Waals surface area contributed by atoms with Crippen molar-refractivity contribution in [2.75, 3.05) is 0 Å². The first kappa shape index (κ1) is 24.2. The Morgan fingerprint density at radius 1 is 0.667 bits per heavy atom. The van der Waals surface area contributed by atoms with Gasteiger partial charge in [0.2, 0.25) is 12.4 Å². The molecule has 0 aromatic carbocycles. The molecule has 0 amide bonds. The van der Waals surface area contributed by atoms with Crippen LogP contribution >= 0.6 is 0 Å². The van der Waals surface area contributed by atoms with Crippen LogP contribution in [0.4, 0.5) is 0 Å². The number of hydrogen-bond donors (Lipinski definition) is 2. The molecule has 2 unspecified atom stereocenters. The monoisotopic (exact) mass is 420 g/mol. The van der Waals surface area contributed by atoms with Crippen LogP contribution in [0.15, 0.2) is 21.4 Å². The Labute approximate surface area is 179 Å². The first-order valence-electron chi connectivity index (χ1n) is 11.8. The fourth-order valence-corrected chi connectivity index (χ4v) is 4.05. The Kier molecular flexibility index (Phi) is 11.3. The van der Waals surface area contributed by atoms with Crippen LogP contribution in [0.5, 0.6) is 0 Å². The summed E-state index contributed by atoms with van der Waals surface area (Å²) in [6.45, 7) is 4.46. The van der Waals surface area contributed by atoms with Crippen LogP contribution in [0.25, 0.3) is 0 Å². The van der Waals surface area contributed by atoms with Gasteiger partial charge in [-0.3, -0.25) is 21.4 Å². The number of nitrogens with zero attached hydrogens (tertiary/aromatic N) is 4. The molecule has 0 aliphatic heterocycles. The predicted octanol–water partition coefficient (Wildman–Crippen LogP) is 3.60. The normalized spacial score (nSPS) is 13.5. The Balaban J connectivity index is 1.84. The van der Waals surface area contributed by atoms with E-state index in [1.165, 1.54) is 51.4 Å².